The van der Waals surface area contributed by atoms with Gasteiger partial charge in [0, 0.05) is 11.1 Å². The molecule has 1 atom stereocenters. The summed E-state index contributed by atoms with van der Waals surface area (Å²) in [6.07, 6.45) is 0. The van der Waals surface area contributed by atoms with Crippen molar-refractivity contribution in [1.29, 1.82) is 0 Å². The normalized spacial score (nSPS) is 12.2. The predicted octanol–water partition coefficient (Wildman–Crippen LogP) is 2.33. The molecule has 2 aromatic carbocycles. The van der Waals surface area contributed by atoms with Gasteiger partial charge in [0.15, 0.2) is 0 Å². The Morgan fingerprint density at radius 1 is 1.00 bits per heavy atom. The summed E-state index contributed by atoms with van der Waals surface area (Å²) in [5.74, 6) is 0.880. The van der Waals surface area contributed by atoms with Crippen LogP contribution in [0.2, 0.25) is 0 Å². The van der Waals surface area contributed by atoms with Gasteiger partial charge in [0.2, 0.25) is 0 Å². The molecule has 2 aromatic rings. The Bertz CT molecular complexity index is 491. The molecular weight excluding hydrogens is 210 g/mol. The van der Waals surface area contributed by atoms with E-state index in [1.54, 1.807) is 7.11 Å². The van der Waals surface area contributed by atoms with Crippen molar-refractivity contribution in [2.75, 3.05) is 7.11 Å². The standard InChI is InChI=1S/C15H17NO/c1-11-5-3-4-6-14(11)15(16)12-7-9-13(17-2)10-8-12/h3-10,15H,16H2,1-2H3/p+1. The van der Waals surface area contributed by atoms with E-state index < -0.39 is 0 Å². The topological polar surface area (TPSA) is 36.9 Å². The van der Waals surface area contributed by atoms with Crippen LogP contribution in [0.1, 0.15) is 22.7 Å². The quantitative estimate of drug-likeness (QED) is 0.860. The second-order valence-electron chi connectivity index (χ2n) is 4.18. The number of aryl methyl sites for hydroxylation is 1. The Morgan fingerprint density at radius 3 is 2.24 bits per heavy atom. The van der Waals surface area contributed by atoms with E-state index in [0.29, 0.717) is 0 Å². The smallest absolute Gasteiger partial charge is 0.136 e. The summed E-state index contributed by atoms with van der Waals surface area (Å²) in [7, 11) is 1.68. The first-order valence-electron chi connectivity index (χ1n) is 5.75. The van der Waals surface area contributed by atoms with Crippen LogP contribution in [0, 0.1) is 6.92 Å². The van der Waals surface area contributed by atoms with Crippen molar-refractivity contribution >= 4 is 0 Å². The molecule has 0 aliphatic rings. The third kappa shape index (κ3) is 2.48. The van der Waals surface area contributed by atoms with Crippen molar-refractivity contribution in [3.63, 3.8) is 0 Å². The maximum atomic E-state index is 5.16. The zero-order valence-electron chi connectivity index (χ0n) is 10.3. The van der Waals surface area contributed by atoms with E-state index in [-0.39, 0.29) is 6.04 Å². The first-order chi connectivity index (χ1) is 8.22. The fraction of sp³-hybridized carbons (Fsp3) is 0.200. The third-order valence-electron chi connectivity index (χ3n) is 3.08. The lowest BCUT2D eigenvalue weighted by atomic mass is 9.96. The summed E-state index contributed by atoms with van der Waals surface area (Å²) in [5, 5.41) is 0. The largest absolute Gasteiger partial charge is 0.497 e. The van der Waals surface area contributed by atoms with Crippen LogP contribution in [0.25, 0.3) is 0 Å². The molecule has 0 aromatic heterocycles. The van der Waals surface area contributed by atoms with Gasteiger partial charge in [0.25, 0.3) is 0 Å². The molecular formula is C15H18NO+. The highest BCUT2D eigenvalue weighted by Crippen LogP contribution is 2.22. The van der Waals surface area contributed by atoms with Gasteiger partial charge in [-0.05, 0) is 36.8 Å². The lowest BCUT2D eigenvalue weighted by Crippen LogP contribution is -2.54. The SMILES string of the molecule is COc1ccc(C([NH3+])c2ccccc2C)cc1. The van der Waals surface area contributed by atoms with Crippen molar-refractivity contribution in [2.45, 2.75) is 13.0 Å². The summed E-state index contributed by atoms with van der Waals surface area (Å²) in [5.41, 5.74) is 8.02. The van der Waals surface area contributed by atoms with E-state index in [4.69, 9.17) is 4.74 Å². The highest BCUT2D eigenvalue weighted by Gasteiger charge is 2.14. The second kappa shape index (κ2) is 5.02. The van der Waals surface area contributed by atoms with E-state index in [0.717, 1.165) is 5.75 Å². The van der Waals surface area contributed by atoms with Crippen molar-refractivity contribution in [2.24, 2.45) is 0 Å². The molecule has 0 saturated heterocycles. The van der Waals surface area contributed by atoms with Gasteiger partial charge in [-0.3, -0.25) is 0 Å². The van der Waals surface area contributed by atoms with Gasteiger partial charge in [-0.1, -0.05) is 24.3 Å². The zero-order valence-corrected chi connectivity index (χ0v) is 10.3. The molecule has 0 amide bonds. The zero-order chi connectivity index (χ0) is 12.3. The molecule has 0 spiro atoms. The number of methoxy groups -OCH3 is 1. The number of benzene rings is 2. The van der Waals surface area contributed by atoms with Gasteiger partial charge in [-0.15, -0.1) is 0 Å². The Kier molecular flexibility index (Phi) is 3.45. The highest BCUT2D eigenvalue weighted by molar-refractivity contribution is 5.36. The van der Waals surface area contributed by atoms with Crippen molar-refractivity contribution in [3.8, 4) is 5.75 Å². The third-order valence-corrected chi connectivity index (χ3v) is 3.08. The number of hydrogen-bond acceptors (Lipinski definition) is 1. The molecule has 0 saturated carbocycles. The molecule has 0 aliphatic heterocycles. The first kappa shape index (κ1) is 11.7. The van der Waals surface area contributed by atoms with E-state index >= 15 is 0 Å². The Hall–Kier alpha value is -1.80. The van der Waals surface area contributed by atoms with E-state index in [1.807, 2.05) is 12.1 Å². The average molecular weight is 228 g/mol. The number of ether oxygens (including phenoxy) is 1. The van der Waals surface area contributed by atoms with Gasteiger partial charge in [-0.2, -0.15) is 0 Å². The van der Waals surface area contributed by atoms with Crippen LogP contribution in [0.3, 0.4) is 0 Å². The molecule has 0 radical (unpaired) electrons. The van der Waals surface area contributed by atoms with E-state index in [2.05, 4.69) is 49.1 Å². The van der Waals surface area contributed by atoms with Gasteiger partial charge in [-0.25, -0.2) is 0 Å². The minimum atomic E-state index is 0.169. The fourth-order valence-corrected chi connectivity index (χ4v) is 1.99. The molecule has 1 unspecified atom stereocenters. The summed E-state index contributed by atoms with van der Waals surface area (Å²) in [6.45, 7) is 2.12. The number of hydrogen-bond donors (Lipinski definition) is 1. The summed E-state index contributed by atoms with van der Waals surface area (Å²) in [6, 6.07) is 16.6. The molecule has 0 heterocycles. The van der Waals surface area contributed by atoms with Crippen LogP contribution in [-0.4, -0.2) is 7.11 Å². The van der Waals surface area contributed by atoms with Gasteiger partial charge >= 0.3 is 0 Å². The molecule has 0 aliphatic carbocycles. The number of quaternary nitrogens is 1. The van der Waals surface area contributed by atoms with Crippen LogP contribution < -0.4 is 10.5 Å². The molecule has 17 heavy (non-hydrogen) atoms. The maximum Gasteiger partial charge on any atom is 0.136 e. The van der Waals surface area contributed by atoms with Gasteiger partial charge in [0.1, 0.15) is 11.8 Å². The molecule has 2 rings (SSSR count). The Morgan fingerprint density at radius 2 is 1.65 bits per heavy atom. The fourth-order valence-electron chi connectivity index (χ4n) is 1.99. The molecule has 0 fully saturated rings. The van der Waals surface area contributed by atoms with Crippen LogP contribution in [-0.2, 0) is 0 Å². The molecule has 0 bridgehead atoms. The first-order valence-corrected chi connectivity index (χ1v) is 5.75. The lowest BCUT2D eigenvalue weighted by molar-refractivity contribution is -0.411. The van der Waals surface area contributed by atoms with E-state index in [1.165, 1.54) is 16.7 Å². The van der Waals surface area contributed by atoms with Crippen LogP contribution >= 0.6 is 0 Å². The van der Waals surface area contributed by atoms with Crippen molar-refractivity contribution in [1.82, 2.24) is 0 Å². The monoisotopic (exact) mass is 228 g/mol. The van der Waals surface area contributed by atoms with Crippen LogP contribution in [0.15, 0.2) is 48.5 Å². The number of rotatable bonds is 3. The second-order valence-corrected chi connectivity index (χ2v) is 4.18. The minimum absolute atomic E-state index is 0.169. The van der Waals surface area contributed by atoms with Crippen molar-refractivity contribution < 1.29 is 10.5 Å². The van der Waals surface area contributed by atoms with E-state index in [9.17, 15) is 0 Å². The Balaban J connectivity index is 2.30. The highest BCUT2D eigenvalue weighted by atomic mass is 16.5. The predicted molar refractivity (Wildman–Crippen MR) is 68.9 cm³/mol. The van der Waals surface area contributed by atoms with Crippen molar-refractivity contribution in [3.05, 3.63) is 65.2 Å². The lowest BCUT2D eigenvalue weighted by Gasteiger charge is -2.12. The summed E-state index contributed by atoms with van der Waals surface area (Å²) >= 11 is 0. The molecule has 88 valence electrons. The molecule has 2 nitrogen and oxygen atoms in total. The molecule has 2 heteroatoms. The average Bonchev–Trinajstić information content (AvgIpc) is 2.39. The van der Waals surface area contributed by atoms with Crippen LogP contribution in [0.5, 0.6) is 5.75 Å². The minimum Gasteiger partial charge on any atom is -0.497 e. The maximum absolute atomic E-state index is 5.16. The molecule has 3 N–H and O–H groups in total. The summed E-state index contributed by atoms with van der Waals surface area (Å²) in [4.78, 5) is 0. The Labute approximate surface area is 102 Å². The van der Waals surface area contributed by atoms with Gasteiger partial charge < -0.3 is 10.5 Å². The van der Waals surface area contributed by atoms with Gasteiger partial charge in [0.05, 0.1) is 7.11 Å². The van der Waals surface area contributed by atoms with Crippen LogP contribution in [0.4, 0.5) is 0 Å². The summed E-state index contributed by atoms with van der Waals surface area (Å²) < 4.78 is 5.16.